The van der Waals surface area contributed by atoms with Crippen molar-refractivity contribution in [2.45, 2.75) is 6.54 Å². The van der Waals surface area contributed by atoms with Crippen LogP contribution in [0.25, 0.3) is 0 Å². The Bertz CT molecular complexity index is 491. The van der Waals surface area contributed by atoms with Crippen LogP contribution in [0.1, 0.15) is 0 Å². The van der Waals surface area contributed by atoms with Gasteiger partial charge in [-0.1, -0.05) is 0 Å². The normalized spacial score (nSPS) is 10.9. The minimum atomic E-state index is -0.338. The maximum atomic E-state index is 11.8. The Morgan fingerprint density at radius 2 is 1.70 bits per heavy atom. The molecule has 0 radical (unpaired) electrons. The fourth-order valence-electron chi connectivity index (χ4n) is 1.50. The van der Waals surface area contributed by atoms with E-state index in [4.69, 9.17) is 14.2 Å². The van der Waals surface area contributed by atoms with E-state index in [1.165, 1.54) is 15.3 Å². The monoisotopic (exact) mass is 398 g/mol. The Kier molecular flexibility index (Phi) is 8.04. The lowest BCUT2D eigenvalue weighted by Crippen LogP contribution is -2.40. The molecule has 1 aromatic rings. The summed E-state index contributed by atoms with van der Waals surface area (Å²) < 4.78 is 18.5. The first kappa shape index (κ1) is 17.3. The maximum Gasteiger partial charge on any atom is 0.330 e. The number of ether oxygens (including phenoxy) is 3. The predicted octanol–water partition coefficient (Wildman–Crippen LogP) is -0.169. The second-order valence-corrected chi connectivity index (χ2v) is 5.21. The number of rotatable bonds is 9. The molecule has 0 aliphatic rings. The SMILES string of the molecule is COCCOCCOCCn1c(=O)c(I)cn(C)c1=O. The first-order chi connectivity index (χ1) is 9.57. The third-order valence-electron chi connectivity index (χ3n) is 2.55. The molecule has 0 unspecified atom stereocenters. The molecule has 0 atom stereocenters. The molecule has 8 heteroatoms. The predicted molar refractivity (Wildman–Crippen MR) is 82.2 cm³/mol. The highest BCUT2D eigenvalue weighted by Gasteiger charge is 2.07. The molecule has 1 heterocycles. The van der Waals surface area contributed by atoms with E-state index in [9.17, 15) is 9.59 Å². The highest BCUT2D eigenvalue weighted by molar-refractivity contribution is 14.1. The largest absolute Gasteiger partial charge is 0.382 e. The molecule has 0 saturated carbocycles. The molecule has 0 aromatic carbocycles. The summed E-state index contributed by atoms with van der Waals surface area (Å²) in [5, 5.41) is 0. The standard InChI is InChI=1S/C12H19IN2O5/c1-14-9-10(13)11(16)15(12(14)17)3-4-19-7-8-20-6-5-18-2/h9H,3-8H2,1-2H3. The minimum absolute atomic E-state index is 0.237. The number of hydrogen-bond acceptors (Lipinski definition) is 5. The Labute approximate surface area is 130 Å². The lowest BCUT2D eigenvalue weighted by molar-refractivity contribution is 0.0226. The number of methoxy groups -OCH3 is 1. The zero-order chi connectivity index (χ0) is 15.0. The minimum Gasteiger partial charge on any atom is -0.382 e. The summed E-state index contributed by atoms with van der Waals surface area (Å²) in [5.41, 5.74) is -0.621. The Morgan fingerprint density at radius 1 is 1.10 bits per heavy atom. The summed E-state index contributed by atoms with van der Waals surface area (Å²) in [5.74, 6) is 0. The Hall–Kier alpha value is -0.710. The van der Waals surface area contributed by atoms with Crippen molar-refractivity contribution >= 4 is 22.6 Å². The molecule has 0 fully saturated rings. The highest BCUT2D eigenvalue weighted by Crippen LogP contribution is 1.93. The zero-order valence-corrected chi connectivity index (χ0v) is 13.8. The van der Waals surface area contributed by atoms with Crippen LogP contribution in [0, 0.1) is 3.57 Å². The second kappa shape index (κ2) is 9.27. The van der Waals surface area contributed by atoms with Crippen molar-refractivity contribution in [2.75, 3.05) is 40.1 Å². The zero-order valence-electron chi connectivity index (χ0n) is 11.6. The topological polar surface area (TPSA) is 71.7 Å². The molecule has 0 saturated heterocycles. The van der Waals surface area contributed by atoms with Crippen LogP contribution in [0.5, 0.6) is 0 Å². The number of halogens is 1. The average molecular weight is 398 g/mol. The third-order valence-corrected chi connectivity index (χ3v) is 3.29. The van der Waals surface area contributed by atoms with E-state index in [0.717, 1.165) is 0 Å². The van der Waals surface area contributed by atoms with Crippen molar-refractivity contribution < 1.29 is 14.2 Å². The Balaban J connectivity index is 2.36. The fraction of sp³-hybridized carbons (Fsp3) is 0.667. The summed E-state index contributed by atoms with van der Waals surface area (Å²) in [6, 6.07) is 0. The van der Waals surface area contributed by atoms with E-state index < -0.39 is 0 Å². The van der Waals surface area contributed by atoms with Gasteiger partial charge in [0, 0.05) is 20.4 Å². The molecule has 0 aliphatic heterocycles. The summed E-state index contributed by atoms with van der Waals surface area (Å²) >= 11 is 1.91. The van der Waals surface area contributed by atoms with Crippen LogP contribution in [0.4, 0.5) is 0 Å². The third kappa shape index (κ3) is 5.35. The van der Waals surface area contributed by atoms with Crippen molar-refractivity contribution in [3.8, 4) is 0 Å². The van der Waals surface area contributed by atoms with Gasteiger partial charge < -0.3 is 18.8 Å². The lowest BCUT2D eigenvalue weighted by Gasteiger charge is -2.09. The molecule has 114 valence electrons. The summed E-state index contributed by atoms with van der Waals surface area (Å²) in [6.45, 7) is 2.49. The number of aryl methyl sites for hydroxylation is 1. The van der Waals surface area contributed by atoms with Crippen LogP contribution >= 0.6 is 22.6 Å². The number of nitrogens with zero attached hydrogens (tertiary/aromatic N) is 2. The van der Waals surface area contributed by atoms with Gasteiger partial charge in [-0.15, -0.1) is 0 Å². The van der Waals surface area contributed by atoms with E-state index in [1.54, 1.807) is 14.2 Å². The number of hydrogen-bond donors (Lipinski definition) is 0. The molecule has 1 aromatic heterocycles. The van der Waals surface area contributed by atoms with E-state index in [1.807, 2.05) is 22.6 Å². The molecule has 7 nitrogen and oxygen atoms in total. The summed E-state index contributed by atoms with van der Waals surface area (Å²) in [6.07, 6.45) is 1.52. The molecule has 0 aliphatic carbocycles. The van der Waals surface area contributed by atoms with Gasteiger partial charge in [0.05, 0.1) is 43.1 Å². The molecule has 0 amide bonds. The van der Waals surface area contributed by atoms with Crippen LogP contribution < -0.4 is 11.2 Å². The smallest absolute Gasteiger partial charge is 0.330 e. The summed E-state index contributed by atoms with van der Waals surface area (Å²) in [4.78, 5) is 23.6. The van der Waals surface area contributed by atoms with E-state index in [-0.39, 0.29) is 17.8 Å². The quantitative estimate of drug-likeness (QED) is 0.427. The first-order valence-electron chi connectivity index (χ1n) is 6.18. The van der Waals surface area contributed by atoms with Crippen LogP contribution in [0.2, 0.25) is 0 Å². The average Bonchev–Trinajstić information content (AvgIpc) is 2.43. The lowest BCUT2D eigenvalue weighted by atomic mass is 10.5. The summed E-state index contributed by atoms with van der Waals surface area (Å²) in [7, 11) is 3.23. The van der Waals surface area contributed by atoms with Gasteiger partial charge in [-0.3, -0.25) is 9.36 Å². The molecule has 0 spiro atoms. The van der Waals surface area contributed by atoms with Gasteiger partial charge in [0.15, 0.2) is 0 Å². The van der Waals surface area contributed by atoms with Gasteiger partial charge in [0.25, 0.3) is 5.56 Å². The molecule has 20 heavy (non-hydrogen) atoms. The maximum absolute atomic E-state index is 11.8. The molecule has 0 bridgehead atoms. The molecule has 0 N–H and O–H groups in total. The van der Waals surface area contributed by atoms with Gasteiger partial charge in [0.1, 0.15) is 0 Å². The fourth-order valence-corrected chi connectivity index (χ4v) is 2.21. The first-order valence-corrected chi connectivity index (χ1v) is 7.26. The van der Waals surface area contributed by atoms with E-state index in [2.05, 4.69) is 0 Å². The van der Waals surface area contributed by atoms with Crippen molar-refractivity contribution in [1.82, 2.24) is 9.13 Å². The van der Waals surface area contributed by atoms with Crippen LogP contribution in [-0.2, 0) is 27.8 Å². The molecular weight excluding hydrogens is 379 g/mol. The van der Waals surface area contributed by atoms with Crippen LogP contribution in [0.3, 0.4) is 0 Å². The second-order valence-electron chi connectivity index (χ2n) is 4.04. The van der Waals surface area contributed by atoms with Crippen molar-refractivity contribution in [3.63, 3.8) is 0 Å². The van der Waals surface area contributed by atoms with Crippen molar-refractivity contribution in [2.24, 2.45) is 7.05 Å². The van der Waals surface area contributed by atoms with Gasteiger partial charge in [-0.05, 0) is 22.6 Å². The Morgan fingerprint density at radius 3 is 2.35 bits per heavy atom. The van der Waals surface area contributed by atoms with Gasteiger partial charge >= 0.3 is 5.69 Å². The van der Waals surface area contributed by atoms with Gasteiger partial charge in [-0.25, -0.2) is 4.79 Å². The van der Waals surface area contributed by atoms with Crippen LogP contribution in [0.15, 0.2) is 15.8 Å². The van der Waals surface area contributed by atoms with Crippen LogP contribution in [-0.4, -0.2) is 49.3 Å². The van der Waals surface area contributed by atoms with E-state index >= 15 is 0 Å². The van der Waals surface area contributed by atoms with Crippen molar-refractivity contribution in [3.05, 3.63) is 30.6 Å². The molecular formula is C12H19IN2O5. The van der Waals surface area contributed by atoms with Gasteiger partial charge in [0.2, 0.25) is 0 Å². The molecule has 1 rings (SSSR count). The van der Waals surface area contributed by atoms with Gasteiger partial charge in [-0.2, -0.15) is 0 Å². The highest BCUT2D eigenvalue weighted by atomic mass is 127. The number of aromatic nitrogens is 2. The van der Waals surface area contributed by atoms with E-state index in [0.29, 0.717) is 36.6 Å². The van der Waals surface area contributed by atoms with Crippen molar-refractivity contribution in [1.29, 1.82) is 0 Å².